The molecule has 4 nitrogen and oxygen atoms in total. The van der Waals surface area contributed by atoms with Crippen molar-refractivity contribution in [3.8, 4) is 0 Å². The van der Waals surface area contributed by atoms with E-state index in [0.29, 0.717) is 0 Å². The number of aromatic nitrogens is 1. The lowest BCUT2D eigenvalue weighted by atomic mass is 10.2. The number of halogens is 1. The predicted octanol–water partition coefficient (Wildman–Crippen LogP) is 1.50. The highest BCUT2D eigenvalue weighted by Gasteiger charge is 2.16. The highest BCUT2D eigenvalue weighted by Crippen LogP contribution is 2.09. The molecule has 0 aromatic carbocycles. The van der Waals surface area contributed by atoms with E-state index < -0.39 is 15.4 Å². The summed E-state index contributed by atoms with van der Waals surface area (Å²) in [7, 11) is -3.43. The molecule has 0 bridgehead atoms. The number of H-pyrrole nitrogens is 1. The fraction of sp³-hybridized carbons (Fsp3) is 0.500. The van der Waals surface area contributed by atoms with E-state index in [1.807, 2.05) is 0 Å². The minimum Gasteiger partial charge on any atom is -0.328 e. The summed E-state index contributed by atoms with van der Waals surface area (Å²) in [6.45, 7) is 1.53. The molecule has 90 valence electrons. The van der Waals surface area contributed by atoms with Crippen LogP contribution in [0.5, 0.6) is 0 Å². The predicted molar refractivity (Wildman–Crippen MR) is 66.9 cm³/mol. The molecule has 0 aliphatic rings. The van der Waals surface area contributed by atoms with Gasteiger partial charge >= 0.3 is 0 Å². The third-order valence-electron chi connectivity index (χ3n) is 2.24. The Balaban J connectivity index is 3.14. The van der Waals surface area contributed by atoms with Crippen molar-refractivity contribution < 1.29 is 8.42 Å². The molecule has 0 saturated carbocycles. The number of pyridine rings is 1. The van der Waals surface area contributed by atoms with Crippen molar-refractivity contribution in [1.82, 2.24) is 4.98 Å². The highest BCUT2D eigenvalue weighted by atomic mass is 79.9. The first kappa shape index (κ1) is 13.4. The van der Waals surface area contributed by atoms with Gasteiger partial charge in [0.2, 0.25) is 0 Å². The van der Waals surface area contributed by atoms with Gasteiger partial charge in [0.05, 0.1) is 5.75 Å². The Labute approximate surface area is 103 Å². The third-order valence-corrected chi connectivity index (χ3v) is 4.54. The van der Waals surface area contributed by atoms with E-state index in [9.17, 15) is 13.2 Å². The Hall–Kier alpha value is -0.620. The van der Waals surface area contributed by atoms with E-state index in [0.717, 1.165) is 23.7 Å². The summed E-state index contributed by atoms with van der Waals surface area (Å²) in [5.41, 5.74) is 0.301. The standard InChI is InChI=1S/C10H14BrNO3S/c1-2-16(14,15)9-6-8(4-3-5-11)7-12-10(9)13/h6-7H,2-5H2,1H3,(H,12,13). The Morgan fingerprint density at radius 3 is 2.69 bits per heavy atom. The van der Waals surface area contributed by atoms with E-state index in [-0.39, 0.29) is 10.6 Å². The molecule has 6 heteroatoms. The number of sulfone groups is 1. The normalized spacial score (nSPS) is 11.6. The van der Waals surface area contributed by atoms with Crippen molar-refractivity contribution in [2.45, 2.75) is 24.7 Å². The molecule has 16 heavy (non-hydrogen) atoms. The summed E-state index contributed by atoms with van der Waals surface area (Å²) in [6, 6.07) is 1.47. The molecule has 1 rings (SSSR count). The summed E-state index contributed by atoms with van der Waals surface area (Å²) >= 11 is 3.30. The maximum atomic E-state index is 11.6. The zero-order valence-corrected chi connectivity index (χ0v) is 11.4. The molecule has 0 aliphatic carbocycles. The second kappa shape index (κ2) is 5.63. The molecule has 1 N–H and O–H groups in total. The number of aryl methyl sites for hydroxylation is 1. The van der Waals surface area contributed by atoms with Gasteiger partial charge in [0.1, 0.15) is 4.90 Å². The van der Waals surface area contributed by atoms with Gasteiger partial charge in [-0.05, 0) is 24.5 Å². The average molecular weight is 308 g/mol. The second-order valence-corrected chi connectivity index (χ2v) is 6.44. The van der Waals surface area contributed by atoms with Gasteiger partial charge in [0.15, 0.2) is 9.84 Å². The van der Waals surface area contributed by atoms with Gasteiger partial charge in [-0.25, -0.2) is 8.42 Å². The van der Waals surface area contributed by atoms with E-state index in [4.69, 9.17) is 0 Å². The van der Waals surface area contributed by atoms with E-state index in [2.05, 4.69) is 20.9 Å². The van der Waals surface area contributed by atoms with Gasteiger partial charge in [0.25, 0.3) is 5.56 Å². The van der Waals surface area contributed by atoms with Gasteiger partial charge in [-0.15, -0.1) is 0 Å². The molecule has 0 atom stereocenters. The first-order valence-electron chi connectivity index (χ1n) is 5.01. The van der Waals surface area contributed by atoms with Gasteiger partial charge in [-0.3, -0.25) is 4.79 Å². The van der Waals surface area contributed by atoms with Crippen molar-refractivity contribution in [1.29, 1.82) is 0 Å². The van der Waals surface area contributed by atoms with Gasteiger partial charge in [-0.2, -0.15) is 0 Å². The molecule has 0 spiro atoms. The summed E-state index contributed by atoms with van der Waals surface area (Å²) < 4.78 is 23.2. The van der Waals surface area contributed by atoms with E-state index in [1.165, 1.54) is 13.0 Å². The number of rotatable bonds is 5. The van der Waals surface area contributed by atoms with Crippen LogP contribution in [0.4, 0.5) is 0 Å². The van der Waals surface area contributed by atoms with Crippen LogP contribution in [0.25, 0.3) is 0 Å². The van der Waals surface area contributed by atoms with Crippen LogP contribution in [0.15, 0.2) is 22.0 Å². The molecule has 0 unspecified atom stereocenters. The molecular formula is C10H14BrNO3S. The minimum atomic E-state index is -3.43. The maximum absolute atomic E-state index is 11.6. The average Bonchev–Trinajstić information content (AvgIpc) is 2.27. The summed E-state index contributed by atoms with van der Waals surface area (Å²) in [5, 5.41) is 0.849. The Bertz CT molecular complexity index is 507. The summed E-state index contributed by atoms with van der Waals surface area (Å²) in [6.07, 6.45) is 3.21. The van der Waals surface area contributed by atoms with Crippen LogP contribution in [-0.2, 0) is 16.3 Å². The second-order valence-electron chi connectivity index (χ2n) is 3.40. The molecule has 1 heterocycles. The molecule has 0 aliphatic heterocycles. The Morgan fingerprint density at radius 2 is 2.12 bits per heavy atom. The summed E-state index contributed by atoms with van der Waals surface area (Å²) in [4.78, 5) is 13.8. The first-order chi connectivity index (χ1) is 7.51. The number of hydrogen-bond acceptors (Lipinski definition) is 3. The van der Waals surface area contributed by atoms with Crippen LogP contribution in [0.2, 0.25) is 0 Å². The lowest BCUT2D eigenvalue weighted by molar-refractivity contribution is 0.595. The molecule has 0 amide bonds. The van der Waals surface area contributed by atoms with Gasteiger partial charge in [-0.1, -0.05) is 22.9 Å². The Kier molecular flexibility index (Phi) is 4.73. The number of hydrogen-bond donors (Lipinski definition) is 1. The molecule has 1 aromatic heterocycles. The maximum Gasteiger partial charge on any atom is 0.266 e. The smallest absolute Gasteiger partial charge is 0.266 e. The van der Waals surface area contributed by atoms with Crippen LogP contribution in [0, 0.1) is 0 Å². The fourth-order valence-electron chi connectivity index (χ4n) is 1.31. The molecular weight excluding hydrogens is 294 g/mol. The number of aromatic amines is 1. The molecule has 0 radical (unpaired) electrons. The van der Waals surface area contributed by atoms with Crippen LogP contribution in [0.3, 0.4) is 0 Å². The lowest BCUT2D eigenvalue weighted by Gasteiger charge is -2.03. The fourth-order valence-corrected chi connectivity index (χ4v) is 2.57. The SMILES string of the molecule is CCS(=O)(=O)c1cc(CCCBr)c[nH]c1=O. The zero-order chi connectivity index (χ0) is 12.2. The first-order valence-corrected chi connectivity index (χ1v) is 7.79. The lowest BCUT2D eigenvalue weighted by Crippen LogP contribution is -2.19. The third kappa shape index (κ3) is 3.18. The van der Waals surface area contributed by atoms with Crippen molar-refractivity contribution in [2.24, 2.45) is 0 Å². The minimum absolute atomic E-state index is 0.0576. The van der Waals surface area contributed by atoms with Gasteiger partial charge in [0, 0.05) is 11.5 Å². The quantitative estimate of drug-likeness (QED) is 0.838. The van der Waals surface area contributed by atoms with Crippen LogP contribution >= 0.6 is 15.9 Å². The van der Waals surface area contributed by atoms with Crippen LogP contribution in [0.1, 0.15) is 18.9 Å². The Morgan fingerprint density at radius 1 is 1.44 bits per heavy atom. The van der Waals surface area contributed by atoms with Crippen molar-refractivity contribution in [2.75, 3.05) is 11.1 Å². The molecule has 1 aromatic rings. The monoisotopic (exact) mass is 307 g/mol. The topological polar surface area (TPSA) is 67.0 Å². The van der Waals surface area contributed by atoms with Crippen molar-refractivity contribution in [3.63, 3.8) is 0 Å². The van der Waals surface area contributed by atoms with Crippen molar-refractivity contribution >= 4 is 25.8 Å². The number of alkyl halides is 1. The molecule has 0 fully saturated rings. The number of nitrogens with one attached hydrogen (secondary N) is 1. The van der Waals surface area contributed by atoms with Crippen LogP contribution in [-0.4, -0.2) is 24.5 Å². The van der Waals surface area contributed by atoms with E-state index >= 15 is 0 Å². The van der Waals surface area contributed by atoms with Crippen molar-refractivity contribution in [3.05, 3.63) is 28.2 Å². The zero-order valence-electron chi connectivity index (χ0n) is 8.99. The van der Waals surface area contributed by atoms with Gasteiger partial charge < -0.3 is 4.98 Å². The largest absolute Gasteiger partial charge is 0.328 e. The summed E-state index contributed by atoms with van der Waals surface area (Å²) in [5.74, 6) is -0.0576. The molecule has 0 saturated heterocycles. The van der Waals surface area contributed by atoms with E-state index in [1.54, 1.807) is 6.20 Å². The van der Waals surface area contributed by atoms with Crippen LogP contribution < -0.4 is 5.56 Å². The highest BCUT2D eigenvalue weighted by molar-refractivity contribution is 9.09.